The van der Waals surface area contributed by atoms with Crippen LogP contribution in [0.3, 0.4) is 0 Å². The molecule has 0 bridgehead atoms. The van der Waals surface area contributed by atoms with Crippen molar-refractivity contribution in [2.75, 3.05) is 11.1 Å². The summed E-state index contributed by atoms with van der Waals surface area (Å²) in [5.41, 5.74) is 6.86. The number of nitrogens with one attached hydrogen (secondary N) is 1. The molecule has 1 aliphatic rings. The van der Waals surface area contributed by atoms with Crippen LogP contribution in [0.5, 0.6) is 0 Å². The summed E-state index contributed by atoms with van der Waals surface area (Å²) in [6.07, 6.45) is 3.77. The highest BCUT2D eigenvalue weighted by Gasteiger charge is 2.26. The van der Waals surface area contributed by atoms with Gasteiger partial charge in [-0.1, -0.05) is 71.8 Å². The number of aryl methyl sites for hydroxylation is 1. The van der Waals surface area contributed by atoms with Crippen molar-refractivity contribution >= 4 is 57.9 Å². The number of hydrogen-bond donors (Lipinski definition) is 1. The lowest BCUT2D eigenvalue weighted by molar-refractivity contribution is 0.792. The zero-order valence-electron chi connectivity index (χ0n) is 17.8. The molecular weight excluding hydrogens is 489 g/mol. The van der Waals surface area contributed by atoms with Crippen molar-refractivity contribution < 1.29 is 0 Å². The first-order chi connectivity index (χ1) is 16.0. The third-order valence-corrected chi connectivity index (χ3v) is 8.08. The van der Waals surface area contributed by atoms with Gasteiger partial charge in [-0.25, -0.2) is 4.98 Å². The second-order valence-corrected chi connectivity index (χ2v) is 10.5. The van der Waals surface area contributed by atoms with Gasteiger partial charge in [0.2, 0.25) is 0 Å². The summed E-state index contributed by atoms with van der Waals surface area (Å²) in [5, 5.41) is 5.01. The maximum Gasteiger partial charge on any atom is 0.0945 e. The van der Waals surface area contributed by atoms with Crippen LogP contribution in [-0.4, -0.2) is 20.3 Å². The Hall–Kier alpha value is -2.31. The molecule has 2 unspecified atom stereocenters. The van der Waals surface area contributed by atoms with Gasteiger partial charge in [-0.3, -0.25) is 0 Å². The van der Waals surface area contributed by atoms with Crippen LogP contribution in [-0.2, 0) is 7.05 Å². The second kappa shape index (κ2) is 9.51. The summed E-state index contributed by atoms with van der Waals surface area (Å²) in [7, 11) is 2.03. The third kappa shape index (κ3) is 4.69. The molecule has 0 saturated heterocycles. The molecule has 0 saturated carbocycles. The summed E-state index contributed by atoms with van der Waals surface area (Å²) < 4.78 is 2.07. The molecule has 0 aliphatic carbocycles. The van der Waals surface area contributed by atoms with E-state index in [4.69, 9.17) is 35.4 Å². The van der Waals surface area contributed by atoms with Crippen LogP contribution < -0.4 is 5.32 Å². The maximum absolute atomic E-state index is 6.35. The molecule has 2 atom stereocenters. The Kier molecular flexibility index (Phi) is 6.48. The fourth-order valence-corrected chi connectivity index (χ4v) is 6.05. The van der Waals surface area contributed by atoms with Crippen molar-refractivity contribution in [1.82, 2.24) is 9.55 Å². The standard InChI is InChI=1S/C26H21Cl2N3S2/c1-31-15-29-13-23(31)25(16-5-8-19(27)9-6-16)17-7-10-22-21(12-17)26(33-14-24(32)30-22)18-3-2-4-20(28)11-18/h2-13,15,25-26H,14H2,1H3,(H,30,32). The minimum absolute atomic E-state index is 0.0142. The minimum atomic E-state index is 0.0142. The van der Waals surface area contributed by atoms with E-state index in [0.717, 1.165) is 37.7 Å². The number of anilines is 1. The van der Waals surface area contributed by atoms with E-state index in [9.17, 15) is 0 Å². The number of thiocarbonyl (C=S) groups is 1. The first-order valence-corrected chi connectivity index (χ1v) is 12.7. The number of halogens is 2. The summed E-state index contributed by atoms with van der Waals surface area (Å²) in [6, 6.07) is 22.7. The topological polar surface area (TPSA) is 29.9 Å². The average molecular weight is 511 g/mol. The van der Waals surface area contributed by atoms with Gasteiger partial charge in [-0.15, -0.1) is 11.8 Å². The number of hydrogen-bond acceptors (Lipinski definition) is 3. The zero-order valence-corrected chi connectivity index (χ0v) is 21.0. The predicted octanol–water partition coefficient (Wildman–Crippen LogP) is 7.48. The van der Waals surface area contributed by atoms with E-state index < -0.39 is 0 Å². The number of nitrogens with zero attached hydrogens (tertiary/aromatic N) is 2. The van der Waals surface area contributed by atoms with Crippen LogP contribution in [0.4, 0.5) is 5.69 Å². The van der Waals surface area contributed by atoms with E-state index >= 15 is 0 Å². The van der Waals surface area contributed by atoms with E-state index in [2.05, 4.69) is 51.3 Å². The van der Waals surface area contributed by atoms with Gasteiger partial charge < -0.3 is 9.88 Å². The molecule has 0 radical (unpaired) electrons. The van der Waals surface area contributed by atoms with Crippen molar-refractivity contribution in [3.8, 4) is 0 Å². The quantitative estimate of drug-likeness (QED) is 0.288. The summed E-state index contributed by atoms with van der Waals surface area (Å²) in [5.74, 6) is 0.763. The SMILES string of the molecule is Cn1cncc1C(c1ccc(Cl)cc1)c1ccc2c(c1)C(c1cccc(Cl)c1)SCC(=S)N2. The lowest BCUT2D eigenvalue weighted by Gasteiger charge is -2.23. The van der Waals surface area contributed by atoms with Gasteiger partial charge in [0.15, 0.2) is 0 Å². The van der Waals surface area contributed by atoms with Crippen molar-refractivity contribution in [2.45, 2.75) is 11.2 Å². The van der Waals surface area contributed by atoms with Crippen LogP contribution in [0.1, 0.15) is 39.1 Å². The molecule has 0 spiro atoms. The van der Waals surface area contributed by atoms with E-state index in [-0.39, 0.29) is 11.2 Å². The molecule has 33 heavy (non-hydrogen) atoms. The third-order valence-electron chi connectivity index (χ3n) is 5.85. The lowest BCUT2D eigenvalue weighted by Crippen LogP contribution is -2.11. The number of fused-ring (bicyclic) bond motifs is 1. The number of rotatable bonds is 4. The van der Waals surface area contributed by atoms with E-state index in [0.29, 0.717) is 0 Å². The summed E-state index contributed by atoms with van der Waals surface area (Å²) in [4.78, 5) is 5.22. The van der Waals surface area contributed by atoms with Gasteiger partial charge in [-0.2, -0.15) is 0 Å². The van der Waals surface area contributed by atoms with Crippen molar-refractivity contribution in [2.24, 2.45) is 7.05 Å². The largest absolute Gasteiger partial charge is 0.349 e. The predicted molar refractivity (Wildman–Crippen MR) is 144 cm³/mol. The van der Waals surface area contributed by atoms with Crippen LogP contribution in [0.2, 0.25) is 10.0 Å². The molecule has 2 heterocycles. The van der Waals surface area contributed by atoms with Crippen LogP contribution in [0, 0.1) is 0 Å². The minimum Gasteiger partial charge on any atom is -0.349 e. The van der Waals surface area contributed by atoms with Gasteiger partial charge in [0.1, 0.15) is 0 Å². The fraction of sp³-hybridized carbons (Fsp3) is 0.154. The molecule has 166 valence electrons. The van der Waals surface area contributed by atoms with Crippen LogP contribution in [0.25, 0.3) is 0 Å². The molecular formula is C26H21Cl2N3S2. The number of benzene rings is 3. The maximum atomic E-state index is 6.35. The Labute approximate surface area is 213 Å². The van der Waals surface area contributed by atoms with Gasteiger partial charge >= 0.3 is 0 Å². The van der Waals surface area contributed by atoms with E-state index in [1.165, 1.54) is 16.7 Å². The van der Waals surface area contributed by atoms with Crippen LogP contribution in [0.15, 0.2) is 79.3 Å². The highest BCUT2D eigenvalue weighted by molar-refractivity contribution is 8.01. The zero-order chi connectivity index (χ0) is 22.9. The Morgan fingerprint density at radius 3 is 2.55 bits per heavy atom. The normalized spacial score (nSPS) is 16.6. The Balaban J connectivity index is 1.67. The van der Waals surface area contributed by atoms with Gasteiger partial charge in [0.25, 0.3) is 0 Å². The molecule has 5 rings (SSSR count). The summed E-state index contributed by atoms with van der Waals surface area (Å²) >= 11 is 19.9. The highest BCUT2D eigenvalue weighted by Crippen LogP contribution is 2.44. The molecule has 3 nitrogen and oxygen atoms in total. The fourth-order valence-electron chi connectivity index (χ4n) is 4.31. The second-order valence-electron chi connectivity index (χ2n) is 8.05. The lowest BCUT2D eigenvalue weighted by atomic mass is 9.86. The molecule has 7 heteroatoms. The molecule has 0 fully saturated rings. The molecule has 4 aromatic rings. The molecule has 1 N–H and O–H groups in total. The van der Waals surface area contributed by atoms with E-state index in [1.54, 1.807) is 0 Å². The Morgan fingerprint density at radius 1 is 1.03 bits per heavy atom. The van der Waals surface area contributed by atoms with Gasteiger partial charge in [0, 0.05) is 40.4 Å². The number of imidazole rings is 1. The molecule has 0 amide bonds. The monoisotopic (exact) mass is 509 g/mol. The van der Waals surface area contributed by atoms with Crippen molar-refractivity contribution in [1.29, 1.82) is 0 Å². The molecule has 1 aliphatic heterocycles. The first-order valence-electron chi connectivity index (χ1n) is 10.5. The van der Waals surface area contributed by atoms with E-state index in [1.807, 2.05) is 61.7 Å². The van der Waals surface area contributed by atoms with Crippen LogP contribution >= 0.6 is 47.2 Å². The van der Waals surface area contributed by atoms with Gasteiger partial charge in [0.05, 0.1) is 22.5 Å². The molecule has 3 aromatic carbocycles. The Bertz CT molecular complexity index is 1320. The highest BCUT2D eigenvalue weighted by atomic mass is 35.5. The van der Waals surface area contributed by atoms with Gasteiger partial charge in [-0.05, 0) is 52.6 Å². The number of aromatic nitrogens is 2. The van der Waals surface area contributed by atoms with Crippen molar-refractivity contribution in [3.63, 3.8) is 0 Å². The average Bonchev–Trinajstić information content (AvgIpc) is 3.14. The molecule has 1 aromatic heterocycles. The first kappa shape index (κ1) is 22.5. The smallest absolute Gasteiger partial charge is 0.0945 e. The van der Waals surface area contributed by atoms with Crippen molar-refractivity contribution in [3.05, 3.63) is 117 Å². The summed E-state index contributed by atoms with van der Waals surface area (Å²) in [6.45, 7) is 0. The Morgan fingerprint density at radius 2 is 1.82 bits per heavy atom. The number of thioether (sulfide) groups is 1.